The number of halogens is 1. The molecule has 1 aliphatic heterocycles. The number of aromatic amines is 1. The number of H-pyrrole nitrogens is 1. The SMILES string of the molecule is CC(CN)C(=O)N1CCN(C(=O)c2cc3ccccc3[nH]2)CC1.Cl. The maximum atomic E-state index is 12.6. The molecule has 1 aliphatic rings. The maximum Gasteiger partial charge on any atom is 0.270 e. The minimum absolute atomic E-state index is 0. The highest BCUT2D eigenvalue weighted by atomic mass is 35.5. The molecule has 1 aromatic carbocycles. The molecule has 1 unspecified atom stereocenters. The highest BCUT2D eigenvalue weighted by molar-refractivity contribution is 5.98. The Morgan fingerprint density at radius 3 is 2.42 bits per heavy atom. The van der Waals surface area contributed by atoms with E-state index in [2.05, 4.69) is 4.98 Å². The van der Waals surface area contributed by atoms with Crippen LogP contribution < -0.4 is 5.73 Å². The van der Waals surface area contributed by atoms with Crippen LogP contribution in [0.25, 0.3) is 10.9 Å². The summed E-state index contributed by atoms with van der Waals surface area (Å²) in [6.45, 7) is 4.43. The summed E-state index contributed by atoms with van der Waals surface area (Å²) in [5.41, 5.74) is 7.11. The van der Waals surface area contributed by atoms with Crippen LogP contribution in [0.3, 0.4) is 0 Å². The van der Waals surface area contributed by atoms with E-state index in [0.717, 1.165) is 10.9 Å². The number of para-hydroxylation sites is 1. The van der Waals surface area contributed by atoms with Crippen molar-refractivity contribution in [2.24, 2.45) is 11.7 Å². The molecule has 6 nitrogen and oxygen atoms in total. The number of nitrogens with two attached hydrogens (primary N) is 1. The Kier molecular flexibility index (Phi) is 5.85. The fourth-order valence-electron chi connectivity index (χ4n) is 2.90. The minimum Gasteiger partial charge on any atom is -0.351 e. The summed E-state index contributed by atoms with van der Waals surface area (Å²) in [7, 11) is 0. The van der Waals surface area contributed by atoms with Crippen LogP contribution in [0.15, 0.2) is 30.3 Å². The molecule has 2 heterocycles. The number of hydrogen-bond donors (Lipinski definition) is 2. The Labute approximate surface area is 147 Å². The molecule has 1 atom stereocenters. The summed E-state index contributed by atoms with van der Waals surface area (Å²) in [6.07, 6.45) is 0. The molecule has 0 radical (unpaired) electrons. The first-order valence-corrected chi connectivity index (χ1v) is 7.96. The zero-order chi connectivity index (χ0) is 16.4. The molecule has 24 heavy (non-hydrogen) atoms. The van der Waals surface area contributed by atoms with Crippen molar-refractivity contribution < 1.29 is 9.59 Å². The number of carbonyl (C=O) groups is 2. The maximum absolute atomic E-state index is 12.6. The molecule has 3 rings (SSSR count). The highest BCUT2D eigenvalue weighted by Crippen LogP contribution is 2.17. The standard InChI is InChI=1S/C17H22N4O2.ClH/c1-12(11-18)16(22)20-6-8-21(9-7-20)17(23)15-10-13-4-2-3-5-14(13)19-15;/h2-5,10,12,19H,6-9,11,18H2,1H3;1H. The Balaban J connectivity index is 0.00000208. The number of fused-ring (bicyclic) bond motifs is 1. The number of benzene rings is 1. The van der Waals surface area contributed by atoms with E-state index in [0.29, 0.717) is 38.4 Å². The van der Waals surface area contributed by atoms with Gasteiger partial charge in [-0.05, 0) is 12.1 Å². The van der Waals surface area contributed by atoms with Crippen molar-refractivity contribution in [1.29, 1.82) is 0 Å². The van der Waals surface area contributed by atoms with E-state index in [-0.39, 0.29) is 30.1 Å². The largest absolute Gasteiger partial charge is 0.351 e. The van der Waals surface area contributed by atoms with Gasteiger partial charge in [0.25, 0.3) is 5.91 Å². The highest BCUT2D eigenvalue weighted by Gasteiger charge is 2.27. The average Bonchev–Trinajstić information content (AvgIpc) is 3.04. The number of carbonyl (C=O) groups excluding carboxylic acids is 2. The Bertz CT molecular complexity index is 689. The van der Waals surface area contributed by atoms with E-state index in [1.807, 2.05) is 37.3 Å². The van der Waals surface area contributed by atoms with Gasteiger partial charge < -0.3 is 20.5 Å². The van der Waals surface area contributed by atoms with Crippen molar-refractivity contribution in [3.05, 3.63) is 36.0 Å². The van der Waals surface area contributed by atoms with Crippen molar-refractivity contribution in [3.8, 4) is 0 Å². The van der Waals surface area contributed by atoms with Crippen LogP contribution in [-0.2, 0) is 4.79 Å². The van der Waals surface area contributed by atoms with Crippen molar-refractivity contribution in [1.82, 2.24) is 14.8 Å². The first-order chi connectivity index (χ1) is 11.1. The number of nitrogens with zero attached hydrogens (tertiary/aromatic N) is 2. The second kappa shape index (κ2) is 7.68. The van der Waals surface area contributed by atoms with E-state index in [1.54, 1.807) is 9.80 Å². The molecule has 3 N–H and O–H groups in total. The molecule has 0 spiro atoms. The molecule has 1 fully saturated rings. The van der Waals surface area contributed by atoms with Crippen LogP contribution in [-0.4, -0.2) is 59.3 Å². The van der Waals surface area contributed by atoms with E-state index >= 15 is 0 Å². The predicted molar refractivity (Wildman–Crippen MR) is 96.2 cm³/mol. The van der Waals surface area contributed by atoms with Gasteiger partial charge in [-0.1, -0.05) is 25.1 Å². The van der Waals surface area contributed by atoms with E-state index in [1.165, 1.54) is 0 Å². The summed E-state index contributed by atoms with van der Waals surface area (Å²) in [5.74, 6) is -0.101. The van der Waals surface area contributed by atoms with Crippen LogP contribution in [0, 0.1) is 5.92 Å². The lowest BCUT2D eigenvalue weighted by Gasteiger charge is -2.35. The lowest BCUT2D eigenvalue weighted by atomic mass is 10.1. The third kappa shape index (κ3) is 3.55. The molecule has 2 amide bonds. The van der Waals surface area contributed by atoms with Gasteiger partial charge in [0.15, 0.2) is 0 Å². The summed E-state index contributed by atoms with van der Waals surface area (Å²) >= 11 is 0. The second-order valence-electron chi connectivity index (χ2n) is 6.02. The van der Waals surface area contributed by atoms with Gasteiger partial charge in [0.1, 0.15) is 5.69 Å². The third-order valence-corrected chi connectivity index (χ3v) is 4.41. The van der Waals surface area contributed by atoms with Gasteiger partial charge in [0.2, 0.25) is 5.91 Å². The second-order valence-corrected chi connectivity index (χ2v) is 6.02. The van der Waals surface area contributed by atoms with Crippen molar-refractivity contribution in [2.45, 2.75) is 6.92 Å². The number of nitrogens with one attached hydrogen (secondary N) is 1. The first-order valence-electron chi connectivity index (χ1n) is 7.96. The molecule has 0 saturated carbocycles. The molecule has 1 saturated heterocycles. The molecule has 2 aromatic rings. The van der Waals surface area contributed by atoms with Gasteiger partial charge in [-0.25, -0.2) is 0 Å². The van der Waals surface area contributed by atoms with E-state index < -0.39 is 0 Å². The summed E-state index contributed by atoms with van der Waals surface area (Å²) < 4.78 is 0. The molecule has 7 heteroatoms. The zero-order valence-corrected chi connectivity index (χ0v) is 14.5. The Morgan fingerprint density at radius 1 is 1.17 bits per heavy atom. The summed E-state index contributed by atoms with van der Waals surface area (Å²) in [6, 6.07) is 9.71. The monoisotopic (exact) mass is 350 g/mol. The zero-order valence-electron chi connectivity index (χ0n) is 13.7. The molecular weight excluding hydrogens is 328 g/mol. The topological polar surface area (TPSA) is 82.4 Å². The minimum atomic E-state index is -0.161. The molecule has 0 aliphatic carbocycles. The normalized spacial score (nSPS) is 15.9. The fraction of sp³-hybridized carbons (Fsp3) is 0.412. The number of piperazine rings is 1. The van der Waals surface area contributed by atoms with E-state index in [4.69, 9.17) is 5.73 Å². The number of aromatic nitrogens is 1. The van der Waals surface area contributed by atoms with Crippen LogP contribution in [0.2, 0.25) is 0 Å². The molecule has 0 bridgehead atoms. The van der Waals surface area contributed by atoms with Crippen LogP contribution in [0.4, 0.5) is 0 Å². The Morgan fingerprint density at radius 2 is 1.79 bits per heavy atom. The van der Waals surface area contributed by atoms with Crippen molar-refractivity contribution in [2.75, 3.05) is 32.7 Å². The summed E-state index contributed by atoms with van der Waals surface area (Å²) in [5, 5.41) is 1.03. The number of amides is 2. The smallest absolute Gasteiger partial charge is 0.270 e. The molecule has 1 aromatic heterocycles. The van der Waals surface area contributed by atoms with Gasteiger partial charge in [-0.2, -0.15) is 0 Å². The van der Waals surface area contributed by atoms with Crippen LogP contribution >= 0.6 is 12.4 Å². The Hall–Kier alpha value is -2.05. The van der Waals surface area contributed by atoms with Gasteiger partial charge in [-0.15, -0.1) is 12.4 Å². The van der Waals surface area contributed by atoms with Crippen molar-refractivity contribution >= 4 is 35.1 Å². The number of hydrogen-bond acceptors (Lipinski definition) is 3. The lowest BCUT2D eigenvalue weighted by molar-refractivity contribution is -0.136. The van der Waals surface area contributed by atoms with Crippen molar-refractivity contribution in [3.63, 3.8) is 0 Å². The number of rotatable bonds is 3. The quantitative estimate of drug-likeness (QED) is 0.879. The van der Waals surface area contributed by atoms with Crippen LogP contribution in [0.5, 0.6) is 0 Å². The molecule has 130 valence electrons. The van der Waals surface area contributed by atoms with Gasteiger partial charge >= 0.3 is 0 Å². The van der Waals surface area contributed by atoms with Crippen LogP contribution in [0.1, 0.15) is 17.4 Å². The van der Waals surface area contributed by atoms with Gasteiger partial charge in [0, 0.05) is 49.5 Å². The third-order valence-electron chi connectivity index (χ3n) is 4.41. The lowest BCUT2D eigenvalue weighted by Crippen LogP contribution is -2.52. The summed E-state index contributed by atoms with van der Waals surface area (Å²) in [4.78, 5) is 31.5. The predicted octanol–water partition coefficient (Wildman–Crippen LogP) is 1.47. The average molecular weight is 351 g/mol. The van der Waals surface area contributed by atoms with Gasteiger partial charge in [0.05, 0.1) is 0 Å². The first kappa shape index (κ1) is 18.3. The van der Waals surface area contributed by atoms with Gasteiger partial charge in [-0.3, -0.25) is 9.59 Å². The molecular formula is C17H23ClN4O2. The fourth-order valence-corrected chi connectivity index (χ4v) is 2.90. The van der Waals surface area contributed by atoms with E-state index in [9.17, 15) is 9.59 Å².